The summed E-state index contributed by atoms with van der Waals surface area (Å²) in [4.78, 5) is 28.0. The largest absolute Gasteiger partial charge is 0.476 e. The summed E-state index contributed by atoms with van der Waals surface area (Å²) in [6.45, 7) is 0. The lowest BCUT2D eigenvalue weighted by Gasteiger charge is -2.06. The number of aromatic carboxylic acids is 1. The summed E-state index contributed by atoms with van der Waals surface area (Å²) in [6, 6.07) is 1.72. The molecule has 108 valence electrons. The van der Waals surface area contributed by atoms with Crippen LogP contribution in [-0.4, -0.2) is 26.0 Å². The van der Waals surface area contributed by atoms with Gasteiger partial charge in [0.25, 0.3) is 0 Å². The molecule has 0 aliphatic carbocycles. The Morgan fingerprint density at radius 1 is 1.43 bits per heavy atom. The first-order chi connectivity index (χ1) is 9.88. The number of hydrogen-bond donors (Lipinski definition) is 1. The van der Waals surface area contributed by atoms with Crippen LogP contribution in [-0.2, 0) is 0 Å². The quantitative estimate of drug-likeness (QED) is 0.660. The summed E-state index contributed by atoms with van der Waals surface area (Å²) in [5.74, 6) is -2.85. The second-order valence-corrected chi connectivity index (χ2v) is 4.50. The number of rotatable bonds is 4. The minimum Gasteiger partial charge on any atom is -0.476 e. The summed E-state index contributed by atoms with van der Waals surface area (Å²) < 4.78 is 18.4. The van der Waals surface area contributed by atoms with Crippen molar-refractivity contribution < 1.29 is 24.0 Å². The Kier molecular flexibility index (Phi) is 4.08. The van der Waals surface area contributed by atoms with E-state index in [0.29, 0.717) is 0 Å². The predicted octanol–water partition coefficient (Wildman–Crippen LogP) is 2.78. The number of carboxylic acid groups (broad SMARTS) is 1. The Labute approximate surface area is 124 Å². The molecule has 1 N–H and O–H groups in total. The Bertz CT molecular complexity index is 740. The molecule has 0 saturated heterocycles. The average Bonchev–Trinajstić information content (AvgIpc) is 2.42. The van der Waals surface area contributed by atoms with Gasteiger partial charge in [0.1, 0.15) is 5.82 Å². The Morgan fingerprint density at radius 3 is 2.76 bits per heavy atom. The van der Waals surface area contributed by atoms with Crippen LogP contribution in [0, 0.1) is 15.9 Å². The van der Waals surface area contributed by atoms with E-state index in [0.717, 1.165) is 24.5 Å². The number of nitrogens with zero attached hydrogens (tertiary/aromatic N) is 3. The van der Waals surface area contributed by atoms with Gasteiger partial charge in [-0.3, -0.25) is 15.1 Å². The minimum atomic E-state index is -1.34. The molecule has 0 amide bonds. The first-order valence-electron chi connectivity index (χ1n) is 5.25. The molecule has 1 aromatic carbocycles. The van der Waals surface area contributed by atoms with E-state index >= 15 is 0 Å². The van der Waals surface area contributed by atoms with E-state index in [1.54, 1.807) is 0 Å². The first kappa shape index (κ1) is 14.8. The van der Waals surface area contributed by atoms with E-state index in [9.17, 15) is 19.3 Å². The molecule has 0 aliphatic heterocycles. The van der Waals surface area contributed by atoms with Gasteiger partial charge in [0, 0.05) is 12.1 Å². The molecular formula is C11H5BrFN3O5. The van der Waals surface area contributed by atoms with Crippen LogP contribution in [0.25, 0.3) is 0 Å². The molecule has 0 unspecified atom stereocenters. The second-order valence-electron chi connectivity index (χ2n) is 3.64. The summed E-state index contributed by atoms with van der Waals surface area (Å²) in [7, 11) is 0. The Balaban J connectivity index is 2.43. The molecule has 21 heavy (non-hydrogen) atoms. The normalized spacial score (nSPS) is 10.2. The molecule has 0 radical (unpaired) electrons. The van der Waals surface area contributed by atoms with Crippen molar-refractivity contribution >= 4 is 27.6 Å². The lowest BCUT2D eigenvalue weighted by atomic mass is 10.3. The van der Waals surface area contributed by atoms with Crippen LogP contribution >= 0.6 is 15.9 Å². The molecule has 0 fully saturated rings. The van der Waals surface area contributed by atoms with Gasteiger partial charge >= 0.3 is 11.7 Å². The van der Waals surface area contributed by atoms with Crippen LogP contribution in [0.15, 0.2) is 29.0 Å². The number of benzene rings is 1. The summed E-state index contributed by atoms with van der Waals surface area (Å²) in [5.41, 5.74) is -0.918. The topological polar surface area (TPSA) is 115 Å². The van der Waals surface area contributed by atoms with Crippen molar-refractivity contribution in [2.75, 3.05) is 0 Å². The van der Waals surface area contributed by atoms with Gasteiger partial charge in [0.2, 0.25) is 11.6 Å². The van der Waals surface area contributed by atoms with E-state index in [-0.39, 0.29) is 10.4 Å². The molecule has 10 heteroatoms. The monoisotopic (exact) mass is 357 g/mol. The zero-order valence-electron chi connectivity index (χ0n) is 9.99. The molecule has 2 rings (SSSR count). The van der Waals surface area contributed by atoms with Crippen LogP contribution in [0.1, 0.15) is 10.5 Å². The fraction of sp³-hybridized carbons (Fsp3) is 0. The maximum absolute atomic E-state index is 13.5. The number of nitro benzene ring substituents is 1. The third kappa shape index (κ3) is 3.28. The van der Waals surface area contributed by atoms with Crippen molar-refractivity contribution in [1.82, 2.24) is 9.97 Å². The highest BCUT2D eigenvalue weighted by Crippen LogP contribution is 2.34. The van der Waals surface area contributed by atoms with Gasteiger partial charge in [-0.2, -0.15) is 0 Å². The average molecular weight is 358 g/mol. The van der Waals surface area contributed by atoms with Gasteiger partial charge in [0.05, 0.1) is 21.8 Å². The number of ether oxygens (including phenoxy) is 1. The highest BCUT2D eigenvalue weighted by atomic mass is 79.9. The summed E-state index contributed by atoms with van der Waals surface area (Å²) in [5, 5.41) is 19.7. The molecule has 0 bridgehead atoms. The maximum Gasteiger partial charge on any atom is 0.356 e. The number of aromatic nitrogens is 2. The Hall–Kier alpha value is -2.62. The number of hydrogen-bond acceptors (Lipinski definition) is 6. The number of halogens is 2. The lowest BCUT2D eigenvalue weighted by molar-refractivity contribution is -0.385. The summed E-state index contributed by atoms with van der Waals surface area (Å²) in [6.07, 6.45) is 2.03. The van der Waals surface area contributed by atoms with E-state index in [1.807, 2.05) is 0 Å². The van der Waals surface area contributed by atoms with Crippen LogP contribution in [0.5, 0.6) is 11.6 Å². The van der Waals surface area contributed by atoms with E-state index < -0.39 is 33.8 Å². The van der Waals surface area contributed by atoms with Gasteiger partial charge in [-0.05, 0) is 15.9 Å². The van der Waals surface area contributed by atoms with Crippen LogP contribution in [0.2, 0.25) is 0 Å². The standard InChI is InChI=1S/C11H5BrFN3O5/c12-5-1-8(16(19)20)9(2-6(5)13)21-10-4-14-3-7(15-10)11(17)18/h1-4H,(H,17,18). The van der Waals surface area contributed by atoms with Gasteiger partial charge < -0.3 is 9.84 Å². The minimum absolute atomic E-state index is 0.105. The molecule has 0 aliphatic rings. The van der Waals surface area contributed by atoms with Gasteiger partial charge in [-0.15, -0.1) is 0 Å². The summed E-state index contributed by atoms with van der Waals surface area (Å²) >= 11 is 2.82. The Morgan fingerprint density at radius 2 is 2.14 bits per heavy atom. The number of carboxylic acids is 1. The van der Waals surface area contributed by atoms with E-state index in [4.69, 9.17) is 9.84 Å². The van der Waals surface area contributed by atoms with Crippen molar-refractivity contribution in [2.24, 2.45) is 0 Å². The number of carbonyl (C=O) groups is 1. The SMILES string of the molecule is O=C(O)c1cncc(Oc2cc(F)c(Br)cc2[N+](=O)[O-])n1. The van der Waals surface area contributed by atoms with E-state index in [1.165, 1.54) is 0 Å². The molecule has 2 aromatic rings. The van der Waals surface area contributed by atoms with Crippen molar-refractivity contribution in [3.63, 3.8) is 0 Å². The van der Waals surface area contributed by atoms with E-state index in [2.05, 4.69) is 25.9 Å². The van der Waals surface area contributed by atoms with Gasteiger partial charge in [-0.1, -0.05) is 0 Å². The fourth-order valence-corrected chi connectivity index (χ4v) is 1.69. The molecule has 0 spiro atoms. The fourth-order valence-electron chi connectivity index (χ4n) is 1.36. The number of nitro groups is 1. The van der Waals surface area contributed by atoms with Gasteiger partial charge in [-0.25, -0.2) is 14.2 Å². The highest BCUT2D eigenvalue weighted by Gasteiger charge is 2.20. The van der Waals surface area contributed by atoms with Crippen LogP contribution in [0.4, 0.5) is 10.1 Å². The van der Waals surface area contributed by atoms with Gasteiger partial charge in [0.15, 0.2) is 5.69 Å². The zero-order valence-corrected chi connectivity index (χ0v) is 11.6. The zero-order chi connectivity index (χ0) is 15.6. The predicted molar refractivity (Wildman–Crippen MR) is 69.8 cm³/mol. The third-order valence-electron chi connectivity index (χ3n) is 2.24. The van der Waals surface area contributed by atoms with Crippen molar-refractivity contribution in [3.8, 4) is 11.6 Å². The first-order valence-corrected chi connectivity index (χ1v) is 6.04. The highest BCUT2D eigenvalue weighted by molar-refractivity contribution is 9.10. The van der Waals surface area contributed by atoms with Crippen molar-refractivity contribution in [2.45, 2.75) is 0 Å². The second kappa shape index (κ2) is 5.79. The molecule has 8 nitrogen and oxygen atoms in total. The van der Waals surface area contributed by atoms with Crippen LogP contribution in [0.3, 0.4) is 0 Å². The molecule has 0 saturated carbocycles. The maximum atomic E-state index is 13.5. The molecule has 1 aromatic heterocycles. The van der Waals surface area contributed by atoms with Crippen LogP contribution < -0.4 is 4.74 Å². The molecule has 1 heterocycles. The lowest BCUT2D eigenvalue weighted by Crippen LogP contribution is -2.03. The molecule has 0 atom stereocenters. The third-order valence-corrected chi connectivity index (χ3v) is 2.85. The van der Waals surface area contributed by atoms with Crippen molar-refractivity contribution in [1.29, 1.82) is 0 Å². The smallest absolute Gasteiger partial charge is 0.356 e. The molecular weight excluding hydrogens is 353 g/mol. The van der Waals surface area contributed by atoms with Crippen molar-refractivity contribution in [3.05, 3.63) is 50.6 Å².